The standard InChI is InChI=1S/C19H18N2O2/c22-19(23)17-18-15(10-11-20-17)14-8-4-5-9-16(14)21(18)12-13-6-2-1-3-7-13/h1-9,17,20H,10-12H2,(H,22,23). The molecule has 4 rings (SSSR count). The van der Waals surface area contributed by atoms with Crippen molar-refractivity contribution in [2.75, 3.05) is 6.54 Å². The van der Waals surface area contributed by atoms with Crippen LogP contribution in [-0.4, -0.2) is 22.2 Å². The molecule has 1 aliphatic heterocycles. The molecular formula is C19H18N2O2. The van der Waals surface area contributed by atoms with Crippen LogP contribution < -0.4 is 5.32 Å². The Morgan fingerprint density at radius 1 is 1.13 bits per heavy atom. The minimum absolute atomic E-state index is 0.644. The Hall–Kier alpha value is -2.59. The van der Waals surface area contributed by atoms with E-state index in [1.54, 1.807) is 0 Å². The third kappa shape index (κ3) is 2.32. The Kier molecular flexibility index (Phi) is 3.39. The van der Waals surface area contributed by atoms with E-state index < -0.39 is 12.0 Å². The summed E-state index contributed by atoms with van der Waals surface area (Å²) in [6, 6.07) is 17.7. The average Bonchev–Trinajstić information content (AvgIpc) is 2.90. The molecule has 0 spiro atoms. The Bertz CT molecular complexity index is 868. The lowest BCUT2D eigenvalue weighted by Crippen LogP contribution is -2.36. The van der Waals surface area contributed by atoms with Gasteiger partial charge in [-0.05, 0) is 23.6 Å². The van der Waals surface area contributed by atoms with Crippen molar-refractivity contribution < 1.29 is 9.90 Å². The molecule has 2 heterocycles. The molecule has 2 aromatic carbocycles. The second-order valence-electron chi connectivity index (χ2n) is 5.93. The third-order valence-corrected chi connectivity index (χ3v) is 4.55. The number of carboxylic acid groups (broad SMARTS) is 1. The summed E-state index contributed by atoms with van der Waals surface area (Å²) in [7, 11) is 0. The molecule has 0 saturated heterocycles. The smallest absolute Gasteiger partial charge is 0.326 e. The van der Waals surface area contributed by atoms with E-state index in [0.29, 0.717) is 13.1 Å². The van der Waals surface area contributed by atoms with Crippen LogP contribution in [0.4, 0.5) is 0 Å². The van der Waals surface area contributed by atoms with Gasteiger partial charge in [0.2, 0.25) is 0 Å². The molecule has 1 unspecified atom stereocenters. The van der Waals surface area contributed by atoms with E-state index in [4.69, 9.17) is 0 Å². The minimum Gasteiger partial charge on any atom is -0.480 e. The number of aromatic nitrogens is 1. The number of para-hydroxylation sites is 1. The van der Waals surface area contributed by atoms with Crippen LogP contribution in [0.1, 0.15) is 22.9 Å². The molecule has 3 aromatic rings. The lowest BCUT2D eigenvalue weighted by atomic mass is 9.99. The van der Waals surface area contributed by atoms with Crippen molar-refractivity contribution in [2.24, 2.45) is 0 Å². The maximum Gasteiger partial charge on any atom is 0.326 e. The molecule has 1 aliphatic rings. The van der Waals surface area contributed by atoms with Crippen LogP contribution in [-0.2, 0) is 17.8 Å². The number of benzene rings is 2. The van der Waals surface area contributed by atoms with E-state index in [1.165, 1.54) is 16.5 Å². The molecule has 0 aliphatic carbocycles. The number of hydrogen-bond donors (Lipinski definition) is 2. The van der Waals surface area contributed by atoms with E-state index in [2.05, 4.69) is 34.1 Å². The molecule has 0 bridgehead atoms. The highest BCUT2D eigenvalue weighted by Crippen LogP contribution is 2.34. The first-order valence-corrected chi connectivity index (χ1v) is 7.86. The molecule has 2 N–H and O–H groups in total. The number of carbonyl (C=O) groups is 1. The Labute approximate surface area is 134 Å². The van der Waals surface area contributed by atoms with Gasteiger partial charge in [0.25, 0.3) is 0 Å². The molecule has 0 radical (unpaired) electrons. The normalized spacial score (nSPS) is 17.1. The summed E-state index contributed by atoms with van der Waals surface area (Å²) in [5, 5.41) is 13.9. The van der Waals surface area contributed by atoms with Crippen LogP contribution in [0.5, 0.6) is 0 Å². The molecule has 1 atom stereocenters. The second kappa shape index (κ2) is 5.56. The molecule has 4 heteroatoms. The number of aliphatic carboxylic acids is 1. The van der Waals surface area contributed by atoms with Crippen LogP contribution in [0.3, 0.4) is 0 Å². The van der Waals surface area contributed by atoms with Crippen LogP contribution in [0, 0.1) is 0 Å². The van der Waals surface area contributed by atoms with Crippen molar-refractivity contribution >= 4 is 16.9 Å². The first-order valence-electron chi connectivity index (χ1n) is 7.86. The molecule has 0 amide bonds. The van der Waals surface area contributed by atoms with Gasteiger partial charge in [0.05, 0.1) is 5.69 Å². The zero-order valence-electron chi connectivity index (χ0n) is 12.7. The summed E-state index contributed by atoms with van der Waals surface area (Å²) >= 11 is 0. The van der Waals surface area contributed by atoms with Crippen LogP contribution in [0.25, 0.3) is 10.9 Å². The quantitative estimate of drug-likeness (QED) is 0.782. The lowest BCUT2D eigenvalue weighted by Gasteiger charge is -2.24. The van der Waals surface area contributed by atoms with E-state index in [-0.39, 0.29) is 0 Å². The third-order valence-electron chi connectivity index (χ3n) is 4.55. The van der Waals surface area contributed by atoms with Crippen molar-refractivity contribution in [3.63, 3.8) is 0 Å². The molecule has 4 nitrogen and oxygen atoms in total. The van der Waals surface area contributed by atoms with Gasteiger partial charge in [-0.3, -0.25) is 10.1 Å². The Balaban J connectivity index is 1.94. The van der Waals surface area contributed by atoms with Crippen LogP contribution >= 0.6 is 0 Å². The SMILES string of the molecule is O=C(O)C1NCCc2c1n(Cc1ccccc1)c1ccccc21. The molecule has 0 fully saturated rings. The van der Waals surface area contributed by atoms with Gasteiger partial charge < -0.3 is 9.67 Å². The summed E-state index contributed by atoms with van der Waals surface area (Å²) in [6.45, 7) is 1.38. The summed E-state index contributed by atoms with van der Waals surface area (Å²) in [5.74, 6) is -0.817. The summed E-state index contributed by atoms with van der Waals surface area (Å²) in [4.78, 5) is 11.7. The van der Waals surface area contributed by atoms with Gasteiger partial charge >= 0.3 is 5.97 Å². The number of nitrogens with one attached hydrogen (secondary N) is 1. The number of hydrogen-bond acceptors (Lipinski definition) is 2. The van der Waals surface area contributed by atoms with E-state index in [1.807, 2.05) is 30.3 Å². The van der Waals surface area contributed by atoms with Crippen LogP contribution in [0.15, 0.2) is 54.6 Å². The fourth-order valence-electron chi connectivity index (χ4n) is 3.57. The summed E-state index contributed by atoms with van der Waals surface area (Å²) in [6.07, 6.45) is 0.863. The molecule has 23 heavy (non-hydrogen) atoms. The van der Waals surface area contributed by atoms with E-state index >= 15 is 0 Å². The van der Waals surface area contributed by atoms with Gasteiger partial charge in [0.1, 0.15) is 6.04 Å². The van der Waals surface area contributed by atoms with Gasteiger partial charge in [-0.25, -0.2) is 0 Å². The second-order valence-corrected chi connectivity index (χ2v) is 5.93. The highest BCUT2D eigenvalue weighted by molar-refractivity contribution is 5.89. The Morgan fingerprint density at radius 2 is 1.87 bits per heavy atom. The fourth-order valence-corrected chi connectivity index (χ4v) is 3.57. The predicted molar refractivity (Wildman–Crippen MR) is 89.6 cm³/mol. The van der Waals surface area contributed by atoms with Crippen molar-refractivity contribution in [3.8, 4) is 0 Å². The van der Waals surface area contributed by atoms with Crippen molar-refractivity contribution in [2.45, 2.75) is 19.0 Å². The van der Waals surface area contributed by atoms with Gasteiger partial charge in [0.15, 0.2) is 0 Å². The zero-order chi connectivity index (χ0) is 15.8. The minimum atomic E-state index is -0.817. The number of nitrogens with zero attached hydrogens (tertiary/aromatic N) is 1. The highest BCUT2D eigenvalue weighted by Gasteiger charge is 2.31. The first-order chi connectivity index (χ1) is 11.3. The average molecular weight is 306 g/mol. The predicted octanol–water partition coefficient (Wildman–Crippen LogP) is 2.96. The Morgan fingerprint density at radius 3 is 2.65 bits per heavy atom. The van der Waals surface area contributed by atoms with Crippen molar-refractivity contribution in [1.29, 1.82) is 0 Å². The largest absolute Gasteiger partial charge is 0.480 e. The van der Waals surface area contributed by atoms with Gasteiger partial charge in [-0.2, -0.15) is 0 Å². The lowest BCUT2D eigenvalue weighted by molar-refractivity contribution is -0.140. The molecule has 0 saturated carbocycles. The van der Waals surface area contributed by atoms with Gasteiger partial charge in [-0.1, -0.05) is 48.5 Å². The first kappa shape index (κ1) is 14.0. The highest BCUT2D eigenvalue weighted by atomic mass is 16.4. The summed E-state index contributed by atoms with van der Waals surface area (Å²) in [5.41, 5.74) is 4.35. The summed E-state index contributed by atoms with van der Waals surface area (Å²) < 4.78 is 2.16. The molecular weight excluding hydrogens is 288 g/mol. The van der Waals surface area contributed by atoms with Crippen LogP contribution in [0.2, 0.25) is 0 Å². The maximum absolute atomic E-state index is 11.7. The van der Waals surface area contributed by atoms with Crippen molar-refractivity contribution in [3.05, 3.63) is 71.4 Å². The topological polar surface area (TPSA) is 54.3 Å². The maximum atomic E-state index is 11.7. The molecule has 116 valence electrons. The van der Waals surface area contributed by atoms with Gasteiger partial charge in [0, 0.05) is 24.0 Å². The molecule has 1 aromatic heterocycles. The number of carboxylic acids is 1. The number of fused-ring (bicyclic) bond motifs is 3. The van der Waals surface area contributed by atoms with Gasteiger partial charge in [-0.15, -0.1) is 0 Å². The monoisotopic (exact) mass is 306 g/mol. The van der Waals surface area contributed by atoms with E-state index in [9.17, 15) is 9.90 Å². The number of rotatable bonds is 3. The fraction of sp³-hybridized carbons (Fsp3) is 0.211. The van der Waals surface area contributed by atoms with E-state index in [0.717, 1.165) is 17.6 Å². The van der Waals surface area contributed by atoms with Crippen molar-refractivity contribution in [1.82, 2.24) is 9.88 Å². The zero-order valence-corrected chi connectivity index (χ0v) is 12.7.